The van der Waals surface area contributed by atoms with Crippen LogP contribution < -0.4 is 5.32 Å². The topological polar surface area (TPSA) is 50.2 Å². The lowest BCUT2D eigenvalue weighted by Crippen LogP contribution is -2.33. The molecule has 0 radical (unpaired) electrons. The van der Waals surface area contributed by atoms with Gasteiger partial charge in [0, 0.05) is 38.9 Å². The van der Waals surface area contributed by atoms with Crippen LogP contribution in [0.3, 0.4) is 0 Å². The highest BCUT2D eigenvalue weighted by Gasteiger charge is 2.25. The molecule has 88 valence electrons. The molecule has 1 fully saturated rings. The number of hydrogen-bond donors (Lipinski definition) is 1. The Morgan fingerprint density at radius 2 is 2.56 bits per heavy atom. The highest BCUT2D eigenvalue weighted by molar-refractivity contribution is 5.79. The van der Waals surface area contributed by atoms with Crippen LogP contribution in [0.5, 0.6) is 0 Å². The predicted octanol–water partition coefficient (Wildman–Crippen LogP) is -0.0120. The highest BCUT2D eigenvalue weighted by atomic mass is 16.2. The third-order valence-corrected chi connectivity index (χ3v) is 2.96. The van der Waals surface area contributed by atoms with Gasteiger partial charge >= 0.3 is 0 Å². The van der Waals surface area contributed by atoms with Gasteiger partial charge in [0.15, 0.2) is 0 Å². The zero-order valence-corrected chi connectivity index (χ0v) is 9.81. The van der Waals surface area contributed by atoms with Crippen molar-refractivity contribution in [1.82, 2.24) is 20.0 Å². The number of aromatic nitrogens is 2. The number of amides is 1. The summed E-state index contributed by atoms with van der Waals surface area (Å²) in [5.74, 6) is 0.385. The minimum atomic E-state index is 0.154. The molecule has 0 spiro atoms. The molecule has 0 saturated carbocycles. The standard InChI is InChI=1S/C11H18N4O/c1-14(7-9-5-13-15(2)8-9)11(16)10-3-4-12-6-10/h5,8,10,12H,3-4,6-7H2,1-2H3. The summed E-state index contributed by atoms with van der Waals surface area (Å²) in [6, 6.07) is 0. The Bertz CT molecular complexity index is 368. The van der Waals surface area contributed by atoms with Gasteiger partial charge in [0.25, 0.3) is 0 Å². The molecule has 1 aromatic heterocycles. The maximum absolute atomic E-state index is 12.0. The Morgan fingerprint density at radius 1 is 1.75 bits per heavy atom. The van der Waals surface area contributed by atoms with Gasteiger partial charge in [0.2, 0.25) is 5.91 Å². The van der Waals surface area contributed by atoms with Gasteiger partial charge in [-0.05, 0) is 13.0 Å². The van der Waals surface area contributed by atoms with E-state index in [-0.39, 0.29) is 11.8 Å². The molecular weight excluding hydrogens is 204 g/mol. The Labute approximate surface area is 95.4 Å². The predicted molar refractivity (Wildman–Crippen MR) is 60.7 cm³/mol. The van der Waals surface area contributed by atoms with E-state index in [9.17, 15) is 4.79 Å². The largest absolute Gasteiger partial charge is 0.341 e. The molecule has 1 aliphatic heterocycles. The van der Waals surface area contributed by atoms with E-state index in [4.69, 9.17) is 0 Å². The second kappa shape index (κ2) is 4.65. The van der Waals surface area contributed by atoms with Crippen LogP contribution in [-0.2, 0) is 18.4 Å². The number of nitrogens with one attached hydrogen (secondary N) is 1. The van der Waals surface area contributed by atoms with E-state index in [0.717, 1.165) is 25.1 Å². The van der Waals surface area contributed by atoms with Crippen molar-refractivity contribution in [2.75, 3.05) is 20.1 Å². The lowest BCUT2D eigenvalue weighted by molar-refractivity contribution is -0.134. The van der Waals surface area contributed by atoms with Crippen LogP contribution in [0, 0.1) is 5.92 Å². The Kier molecular flexibility index (Phi) is 3.24. The van der Waals surface area contributed by atoms with Crippen LogP contribution in [0.4, 0.5) is 0 Å². The Balaban J connectivity index is 1.91. The van der Waals surface area contributed by atoms with Crippen molar-refractivity contribution in [3.63, 3.8) is 0 Å². The van der Waals surface area contributed by atoms with E-state index in [0.29, 0.717) is 6.54 Å². The summed E-state index contributed by atoms with van der Waals surface area (Å²) in [6.45, 7) is 2.41. The normalized spacial score (nSPS) is 20.0. The van der Waals surface area contributed by atoms with E-state index < -0.39 is 0 Å². The molecule has 2 rings (SSSR count). The number of carbonyl (C=O) groups excluding carboxylic acids is 1. The first-order valence-corrected chi connectivity index (χ1v) is 5.60. The minimum Gasteiger partial charge on any atom is -0.341 e. The fraction of sp³-hybridized carbons (Fsp3) is 0.636. The number of hydrogen-bond acceptors (Lipinski definition) is 3. The van der Waals surface area contributed by atoms with Crippen molar-refractivity contribution >= 4 is 5.91 Å². The van der Waals surface area contributed by atoms with Gasteiger partial charge in [0.05, 0.1) is 12.1 Å². The molecule has 1 unspecified atom stereocenters. The van der Waals surface area contributed by atoms with Gasteiger partial charge in [-0.15, -0.1) is 0 Å². The average molecular weight is 222 g/mol. The average Bonchev–Trinajstić information content (AvgIpc) is 2.88. The third kappa shape index (κ3) is 2.41. The van der Waals surface area contributed by atoms with Crippen molar-refractivity contribution < 1.29 is 4.79 Å². The van der Waals surface area contributed by atoms with Crippen LogP contribution in [-0.4, -0.2) is 40.7 Å². The first kappa shape index (κ1) is 11.1. The summed E-state index contributed by atoms with van der Waals surface area (Å²) in [4.78, 5) is 13.8. The van der Waals surface area contributed by atoms with Crippen LogP contribution in [0.1, 0.15) is 12.0 Å². The molecule has 1 aliphatic rings. The van der Waals surface area contributed by atoms with Crippen LogP contribution in [0.25, 0.3) is 0 Å². The van der Waals surface area contributed by atoms with Crippen molar-refractivity contribution in [2.45, 2.75) is 13.0 Å². The first-order valence-electron chi connectivity index (χ1n) is 5.60. The van der Waals surface area contributed by atoms with E-state index in [1.165, 1.54) is 0 Å². The molecule has 5 nitrogen and oxygen atoms in total. The summed E-state index contributed by atoms with van der Waals surface area (Å²) in [7, 11) is 3.74. The SMILES string of the molecule is CN(Cc1cnn(C)c1)C(=O)C1CCNC1. The van der Waals surface area contributed by atoms with Crippen molar-refractivity contribution in [3.8, 4) is 0 Å². The zero-order valence-electron chi connectivity index (χ0n) is 9.81. The van der Waals surface area contributed by atoms with E-state index in [1.807, 2.05) is 20.3 Å². The van der Waals surface area contributed by atoms with E-state index in [2.05, 4.69) is 10.4 Å². The van der Waals surface area contributed by atoms with Crippen LogP contribution >= 0.6 is 0 Å². The van der Waals surface area contributed by atoms with Crippen molar-refractivity contribution in [2.24, 2.45) is 13.0 Å². The van der Waals surface area contributed by atoms with Gasteiger partial charge in [-0.2, -0.15) is 5.10 Å². The third-order valence-electron chi connectivity index (χ3n) is 2.96. The van der Waals surface area contributed by atoms with Crippen molar-refractivity contribution in [3.05, 3.63) is 18.0 Å². The quantitative estimate of drug-likeness (QED) is 0.782. The summed E-state index contributed by atoms with van der Waals surface area (Å²) in [6.07, 6.45) is 4.70. The molecular formula is C11H18N4O. The summed E-state index contributed by atoms with van der Waals surface area (Å²) in [5.41, 5.74) is 1.07. The van der Waals surface area contributed by atoms with Gasteiger partial charge < -0.3 is 10.2 Å². The molecule has 1 atom stereocenters. The second-order valence-corrected chi connectivity index (χ2v) is 4.41. The monoisotopic (exact) mass is 222 g/mol. The van der Waals surface area contributed by atoms with Gasteiger partial charge in [-0.25, -0.2) is 0 Å². The summed E-state index contributed by atoms with van der Waals surface area (Å²) >= 11 is 0. The molecule has 1 amide bonds. The van der Waals surface area contributed by atoms with Crippen LogP contribution in [0.15, 0.2) is 12.4 Å². The van der Waals surface area contributed by atoms with E-state index in [1.54, 1.807) is 15.8 Å². The van der Waals surface area contributed by atoms with Crippen molar-refractivity contribution in [1.29, 1.82) is 0 Å². The molecule has 1 saturated heterocycles. The minimum absolute atomic E-state index is 0.154. The maximum Gasteiger partial charge on any atom is 0.227 e. The van der Waals surface area contributed by atoms with Gasteiger partial charge in [-0.3, -0.25) is 9.48 Å². The number of aryl methyl sites for hydroxylation is 1. The fourth-order valence-electron chi connectivity index (χ4n) is 2.08. The molecule has 1 N–H and O–H groups in total. The van der Waals surface area contributed by atoms with E-state index >= 15 is 0 Å². The maximum atomic E-state index is 12.0. The smallest absolute Gasteiger partial charge is 0.227 e. The lowest BCUT2D eigenvalue weighted by Gasteiger charge is -2.19. The van der Waals surface area contributed by atoms with Gasteiger partial charge in [-0.1, -0.05) is 0 Å². The molecule has 0 aliphatic carbocycles. The highest BCUT2D eigenvalue weighted by Crippen LogP contribution is 2.12. The zero-order chi connectivity index (χ0) is 11.5. The Hall–Kier alpha value is -1.36. The first-order chi connectivity index (χ1) is 7.66. The molecule has 2 heterocycles. The summed E-state index contributed by atoms with van der Waals surface area (Å²) in [5, 5.41) is 7.31. The number of rotatable bonds is 3. The van der Waals surface area contributed by atoms with Crippen LogP contribution in [0.2, 0.25) is 0 Å². The Morgan fingerprint density at radius 3 is 3.12 bits per heavy atom. The molecule has 0 bridgehead atoms. The number of carbonyl (C=O) groups is 1. The number of nitrogens with zero attached hydrogens (tertiary/aromatic N) is 3. The molecule has 5 heteroatoms. The molecule has 1 aromatic rings. The van der Waals surface area contributed by atoms with Gasteiger partial charge in [0.1, 0.15) is 0 Å². The summed E-state index contributed by atoms with van der Waals surface area (Å²) < 4.78 is 1.75. The molecule has 16 heavy (non-hydrogen) atoms. The second-order valence-electron chi connectivity index (χ2n) is 4.41. The molecule has 0 aromatic carbocycles. The lowest BCUT2D eigenvalue weighted by atomic mass is 10.1. The fourth-order valence-corrected chi connectivity index (χ4v) is 2.08.